The van der Waals surface area contributed by atoms with E-state index in [-0.39, 0.29) is 27.6 Å². The summed E-state index contributed by atoms with van der Waals surface area (Å²) in [5, 5.41) is 11.4. The van der Waals surface area contributed by atoms with Gasteiger partial charge in [-0.1, -0.05) is 35.1 Å². The third kappa shape index (κ3) is 4.20. The zero-order valence-corrected chi connectivity index (χ0v) is 20.7. The number of ether oxygens (including phenoxy) is 1. The van der Waals surface area contributed by atoms with E-state index < -0.39 is 23.5 Å². The van der Waals surface area contributed by atoms with E-state index in [0.29, 0.717) is 27.1 Å². The first-order valence-electron chi connectivity index (χ1n) is 11.0. The van der Waals surface area contributed by atoms with Crippen molar-refractivity contribution in [2.75, 3.05) is 4.90 Å². The first-order valence-corrected chi connectivity index (χ1v) is 12.2. The summed E-state index contributed by atoms with van der Waals surface area (Å²) < 4.78 is 20.2. The Hall–Kier alpha value is -3.82. The van der Waals surface area contributed by atoms with Crippen LogP contribution in [0.5, 0.6) is 5.75 Å². The molecule has 1 fully saturated rings. The Balaban J connectivity index is 1.69. The molecule has 0 bridgehead atoms. The lowest BCUT2D eigenvalue weighted by molar-refractivity contribution is -0.132. The van der Waals surface area contributed by atoms with Crippen LogP contribution < -0.4 is 9.64 Å². The average molecular weight is 524 g/mol. The van der Waals surface area contributed by atoms with Gasteiger partial charge in [-0.05, 0) is 55.8 Å². The van der Waals surface area contributed by atoms with Crippen LogP contribution in [0.3, 0.4) is 0 Å². The number of benzene rings is 2. The lowest BCUT2D eigenvalue weighted by Gasteiger charge is -2.22. The molecule has 1 saturated heterocycles. The van der Waals surface area contributed by atoms with Crippen LogP contribution in [-0.4, -0.2) is 32.9 Å². The van der Waals surface area contributed by atoms with Crippen molar-refractivity contribution in [3.8, 4) is 5.75 Å². The Morgan fingerprint density at radius 1 is 1.17 bits per heavy atom. The highest BCUT2D eigenvalue weighted by Crippen LogP contribution is 2.44. The first-order chi connectivity index (χ1) is 17.2. The average Bonchev–Trinajstić information content (AvgIpc) is 3.36. The number of ketones is 1. The number of aliphatic hydroxyl groups excluding tert-OH is 1. The highest BCUT2D eigenvalue weighted by molar-refractivity contribution is 7.22. The van der Waals surface area contributed by atoms with E-state index in [1.165, 1.54) is 29.4 Å². The number of anilines is 1. The van der Waals surface area contributed by atoms with Crippen LogP contribution >= 0.6 is 22.9 Å². The van der Waals surface area contributed by atoms with Gasteiger partial charge in [0.1, 0.15) is 17.3 Å². The molecule has 182 valence electrons. The van der Waals surface area contributed by atoms with E-state index in [0.717, 1.165) is 11.3 Å². The zero-order chi connectivity index (χ0) is 25.6. The van der Waals surface area contributed by atoms with Gasteiger partial charge in [0.25, 0.3) is 5.78 Å². The number of pyridine rings is 1. The molecular weight excluding hydrogens is 505 g/mol. The van der Waals surface area contributed by atoms with Crippen molar-refractivity contribution < 1.29 is 23.8 Å². The maximum Gasteiger partial charge on any atom is 0.301 e. The lowest BCUT2D eigenvalue weighted by Crippen LogP contribution is -2.29. The number of rotatable bonds is 5. The SMILES string of the molecule is CC(C)Oc1cccc(/C(O)=C2\C(=O)C(=O)N(c3nc4cc(Cl)c(F)cc4s3)C2c2ccncc2)c1. The Morgan fingerprint density at radius 3 is 2.64 bits per heavy atom. The summed E-state index contributed by atoms with van der Waals surface area (Å²) in [5.41, 5.74) is 1.15. The van der Waals surface area contributed by atoms with E-state index in [4.69, 9.17) is 16.3 Å². The Morgan fingerprint density at radius 2 is 1.92 bits per heavy atom. The van der Waals surface area contributed by atoms with Crippen molar-refractivity contribution >= 4 is 55.7 Å². The van der Waals surface area contributed by atoms with Crippen LogP contribution in [0.1, 0.15) is 31.0 Å². The molecule has 1 aliphatic heterocycles. The molecule has 2 aromatic carbocycles. The van der Waals surface area contributed by atoms with Crippen molar-refractivity contribution in [1.29, 1.82) is 0 Å². The van der Waals surface area contributed by atoms with Crippen LogP contribution in [0.25, 0.3) is 16.0 Å². The number of thiazole rings is 1. The highest BCUT2D eigenvalue weighted by atomic mass is 35.5. The second-order valence-corrected chi connectivity index (χ2v) is 9.79. The summed E-state index contributed by atoms with van der Waals surface area (Å²) in [7, 11) is 0. The van der Waals surface area contributed by atoms with Crippen molar-refractivity contribution in [3.05, 3.63) is 88.5 Å². The molecule has 1 amide bonds. The van der Waals surface area contributed by atoms with Gasteiger partial charge in [0.15, 0.2) is 5.13 Å². The molecule has 0 aliphatic carbocycles. The number of Topliss-reactive ketones (excluding diaryl/α,β-unsaturated/α-hetero) is 1. The summed E-state index contributed by atoms with van der Waals surface area (Å²) in [6, 6.07) is 11.6. The minimum Gasteiger partial charge on any atom is -0.507 e. The normalized spacial score (nSPS) is 17.4. The zero-order valence-electron chi connectivity index (χ0n) is 19.1. The molecule has 4 aromatic rings. The molecule has 1 aliphatic rings. The molecule has 0 spiro atoms. The van der Waals surface area contributed by atoms with Gasteiger partial charge in [-0.2, -0.15) is 0 Å². The van der Waals surface area contributed by atoms with Gasteiger partial charge in [-0.15, -0.1) is 0 Å². The van der Waals surface area contributed by atoms with Gasteiger partial charge >= 0.3 is 5.91 Å². The fourth-order valence-electron chi connectivity index (χ4n) is 4.05. The van der Waals surface area contributed by atoms with Crippen LogP contribution in [-0.2, 0) is 9.59 Å². The predicted molar refractivity (Wildman–Crippen MR) is 136 cm³/mol. The summed E-state index contributed by atoms with van der Waals surface area (Å²) in [4.78, 5) is 36.3. The smallest absolute Gasteiger partial charge is 0.301 e. The molecule has 1 unspecified atom stereocenters. The van der Waals surface area contributed by atoms with E-state index in [1.54, 1.807) is 36.4 Å². The van der Waals surface area contributed by atoms with Crippen molar-refractivity contribution in [3.63, 3.8) is 0 Å². The molecule has 5 rings (SSSR count). The number of aromatic nitrogens is 2. The predicted octanol–water partition coefficient (Wildman–Crippen LogP) is 5.90. The molecular formula is C26H19ClFN3O4S. The molecule has 2 aromatic heterocycles. The number of carbonyl (C=O) groups excluding carboxylic acids is 2. The number of hydrogen-bond acceptors (Lipinski definition) is 7. The number of hydrogen-bond donors (Lipinski definition) is 1. The number of halogens is 2. The molecule has 7 nitrogen and oxygen atoms in total. The van der Waals surface area contributed by atoms with Crippen molar-refractivity contribution in [2.24, 2.45) is 0 Å². The third-order valence-electron chi connectivity index (χ3n) is 5.57. The molecule has 1 atom stereocenters. The van der Waals surface area contributed by atoms with E-state index in [9.17, 15) is 19.1 Å². The number of amides is 1. The van der Waals surface area contributed by atoms with E-state index >= 15 is 0 Å². The Labute approximate surface area is 214 Å². The van der Waals surface area contributed by atoms with Crippen LogP contribution in [0.2, 0.25) is 5.02 Å². The van der Waals surface area contributed by atoms with Crippen molar-refractivity contribution in [1.82, 2.24) is 9.97 Å². The van der Waals surface area contributed by atoms with Gasteiger partial charge in [-0.3, -0.25) is 19.5 Å². The Kier molecular flexibility index (Phi) is 6.19. The first kappa shape index (κ1) is 23.9. The molecule has 1 N–H and O–H groups in total. The summed E-state index contributed by atoms with van der Waals surface area (Å²) >= 11 is 6.95. The quantitative estimate of drug-likeness (QED) is 0.199. The maximum atomic E-state index is 14.0. The molecule has 36 heavy (non-hydrogen) atoms. The molecule has 3 heterocycles. The van der Waals surface area contributed by atoms with Gasteiger partial charge in [-0.25, -0.2) is 9.37 Å². The van der Waals surface area contributed by atoms with Gasteiger partial charge in [0.05, 0.1) is 33.0 Å². The largest absolute Gasteiger partial charge is 0.507 e. The number of carbonyl (C=O) groups is 2. The monoisotopic (exact) mass is 523 g/mol. The molecule has 0 saturated carbocycles. The van der Waals surface area contributed by atoms with Gasteiger partial charge < -0.3 is 9.84 Å². The van der Waals surface area contributed by atoms with Crippen LogP contribution in [0.4, 0.5) is 9.52 Å². The summed E-state index contributed by atoms with van der Waals surface area (Å²) in [5.74, 6) is -2.18. The fourth-order valence-corrected chi connectivity index (χ4v) is 5.21. The molecule has 0 radical (unpaired) electrons. The van der Waals surface area contributed by atoms with E-state index in [1.807, 2.05) is 13.8 Å². The van der Waals surface area contributed by atoms with Crippen LogP contribution in [0, 0.1) is 5.82 Å². The second kappa shape index (κ2) is 9.33. The molecule has 10 heteroatoms. The fraction of sp³-hybridized carbons (Fsp3) is 0.154. The number of nitrogens with zero attached hydrogens (tertiary/aromatic N) is 3. The summed E-state index contributed by atoms with van der Waals surface area (Å²) in [6.07, 6.45) is 2.96. The summed E-state index contributed by atoms with van der Waals surface area (Å²) in [6.45, 7) is 3.75. The van der Waals surface area contributed by atoms with Gasteiger partial charge in [0, 0.05) is 18.0 Å². The lowest BCUT2D eigenvalue weighted by atomic mass is 9.96. The topological polar surface area (TPSA) is 92.6 Å². The minimum atomic E-state index is -0.983. The highest BCUT2D eigenvalue weighted by Gasteiger charge is 2.48. The minimum absolute atomic E-state index is 0.0952. The van der Waals surface area contributed by atoms with Gasteiger partial charge in [0.2, 0.25) is 0 Å². The Bertz CT molecular complexity index is 1500. The van der Waals surface area contributed by atoms with Crippen LogP contribution in [0.15, 0.2) is 66.5 Å². The third-order valence-corrected chi connectivity index (χ3v) is 6.88. The standard InChI is InChI=1S/C26H19ClFN3O4S/c1-13(2)35-16-5-3-4-15(10-16)23(32)21-22(14-6-8-29-9-7-14)31(25(34)24(21)33)26-30-19-11-17(27)18(28)12-20(19)36-26/h3-13,22,32H,1-2H3/b23-21+. The second-order valence-electron chi connectivity index (χ2n) is 8.37. The number of aliphatic hydroxyl groups is 1. The van der Waals surface area contributed by atoms with E-state index in [2.05, 4.69) is 9.97 Å². The van der Waals surface area contributed by atoms with Crippen molar-refractivity contribution in [2.45, 2.75) is 26.0 Å². The maximum absolute atomic E-state index is 14.0. The number of fused-ring (bicyclic) bond motifs is 1.